The molecule has 3 nitrogen and oxygen atoms in total. The summed E-state index contributed by atoms with van der Waals surface area (Å²) in [5.74, 6) is 0.408. The van der Waals surface area contributed by atoms with Crippen LogP contribution in [0.2, 0.25) is 0 Å². The summed E-state index contributed by atoms with van der Waals surface area (Å²) in [7, 11) is 0. The van der Waals surface area contributed by atoms with E-state index in [4.69, 9.17) is 5.73 Å². The summed E-state index contributed by atoms with van der Waals surface area (Å²) in [6.07, 6.45) is 6.59. The Bertz CT molecular complexity index is 466. The maximum absolute atomic E-state index is 12.3. The van der Waals surface area contributed by atoms with Crippen LogP contribution in [0.15, 0.2) is 24.3 Å². The highest BCUT2D eigenvalue weighted by atomic mass is 16.1. The van der Waals surface area contributed by atoms with Gasteiger partial charge in [-0.3, -0.25) is 4.79 Å². The zero-order chi connectivity index (χ0) is 13.2. The minimum Gasteiger partial charge on any atom is -0.347 e. The first-order valence-electron chi connectivity index (χ1n) is 7.39. The summed E-state index contributed by atoms with van der Waals surface area (Å²) in [5, 5.41) is 3.19. The molecule has 0 heterocycles. The van der Waals surface area contributed by atoms with E-state index in [-0.39, 0.29) is 23.9 Å². The fourth-order valence-corrected chi connectivity index (χ4v) is 3.45. The zero-order valence-corrected chi connectivity index (χ0v) is 11.3. The molecule has 2 aliphatic rings. The average molecular weight is 258 g/mol. The molecule has 3 N–H and O–H groups in total. The van der Waals surface area contributed by atoms with E-state index >= 15 is 0 Å². The topological polar surface area (TPSA) is 55.1 Å². The summed E-state index contributed by atoms with van der Waals surface area (Å²) in [6, 6.07) is 8.29. The standard InChI is InChI=1S/C16H22N2O/c17-14-10-12-8-4-5-9-13(12)15(14)18-16(19)11-6-2-1-3-7-11/h4-5,8-9,11,14-15H,1-3,6-7,10,17H2,(H,18,19). The van der Waals surface area contributed by atoms with E-state index in [0.29, 0.717) is 0 Å². The summed E-state index contributed by atoms with van der Waals surface area (Å²) < 4.78 is 0. The summed E-state index contributed by atoms with van der Waals surface area (Å²) in [4.78, 5) is 12.3. The molecule has 19 heavy (non-hydrogen) atoms. The summed E-state index contributed by atoms with van der Waals surface area (Å²) >= 11 is 0. The first-order chi connectivity index (χ1) is 9.25. The molecule has 2 aliphatic carbocycles. The molecule has 1 saturated carbocycles. The molecule has 102 valence electrons. The Kier molecular flexibility index (Phi) is 3.56. The van der Waals surface area contributed by atoms with Crippen molar-refractivity contribution in [2.24, 2.45) is 11.7 Å². The Labute approximate surface area is 114 Å². The quantitative estimate of drug-likeness (QED) is 0.855. The fraction of sp³-hybridized carbons (Fsp3) is 0.562. The van der Waals surface area contributed by atoms with Gasteiger partial charge in [0.05, 0.1) is 6.04 Å². The molecule has 0 bridgehead atoms. The van der Waals surface area contributed by atoms with Crippen LogP contribution in [0.3, 0.4) is 0 Å². The zero-order valence-electron chi connectivity index (χ0n) is 11.3. The number of hydrogen-bond donors (Lipinski definition) is 2. The SMILES string of the molecule is NC1Cc2ccccc2C1NC(=O)C1CCCCC1. The van der Waals surface area contributed by atoms with E-state index < -0.39 is 0 Å². The van der Waals surface area contributed by atoms with Crippen LogP contribution < -0.4 is 11.1 Å². The number of nitrogens with one attached hydrogen (secondary N) is 1. The Morgan fingerprint density at radius 2 is 1.89 bits per heavy atom. The van der Waals surface area contributed by atoms with Crippen LogP contribution in [0, 0.1) is 5.92 Å². The smallest absolute Gasteiger partial charge is 0.223 e. The third-order valence-corrected chi connectivity index (χ3v) is 4.55. The Balaban J connectivity index is 1.71. The molecule has 0 aliphatic heterocycles. The molecule has 0 saturated heterocycles. The highest BCUT2D eigenvalue weighted by molar-refractivity contribution is 5.79. The van der Waals surface area contributed by atoms with E-state index in [9.17, 15) is 4.79 Å². The maximum Gasteiger partial charge on any atom is 0.223 e. The van der Waals surface area contributed by atoms with Gasteiger partial charge in [0.1, 0.15) is 0 Å². The normalized spacial score (nSPS) is 27.0. The van der Waals surface area contributed by atoms with E-state index in [1.165, 1.54) is 30.4 Å². The van der Waals surface area contributed by atoms with Gasteiger partial charge in [0.15, 0.2) is 0 Å². The van der Waals surface area contributed by atoms with Crippen molar-refractivity contribution in [1.82, 2.24) is 5.32 Å². The van der Waals surface area contributed by atoms with Crippen molar-refractivity contribution in [2.75, 3.05) is 0 Å². The van der Waals surface area contributed by atoms with Crippen molar-refractivity contribution in [3.05, 3.63) is 35.4 Å². The van der Waals surface area contributed by atoms with Gasteiger partial charge in [-0.05, 0) is 30.4 Å². The van der Waals surface area contributed by atoms with Gasteiger partial charge in [0, 0.05) is 12.0 Å². The molecule has 1 aromatic carbocycles. The lowest BCUT2D eigenvalue weighted by molar-refractivity contribution is -0.126. The fourth-order valence-electron chi connectivity index (χ4n) is 3.45. The molecule has 1 aromatic rings. The molecule has 1 fully saturated rings. The lowest BCUT2D eigenvalue weighted by atomic mass is 9.88. The van der Waals surface area contributed by atoms with Crippen molar-refractivity contribution in [1.29, 1.82) is 0 Å². The maximum atomic E-state index is 12.3. The van der Waals surface area contributed by atoms with Crippen molar-refractivity contribution >= 4 is 5.91 Å². The Hall–Kier alpha value is -1.35. The first kappa shape index (κ1) is 12.7. The number of nitrogens with two attached hydrogens (primary N) is 1. The predicted molar refractivity (Wildman–Crippen MR) is 75.6 cm³/mol. The number of benzene rings is 1. The second-order valence-electron chi connectivity index (χ2n) is 5.89. The van der Waals surface area contributed by atoms with Gasteiger partial charge < -0.3 is 11.1 Å². The number of hydrogen-bond acceptors (Lipinski definition) is 2. The van der Waals surface area contributed by atoms with Crippen molar-refractivity contribution in [3.63, 3.8) is 0 Å². The van der Waals surface area contributed by atoms with Crippen LogP contribution in [0.5, 0.6) is 0 Å². The molecule has 0 aromatic heterocycles. The van der Waals surface area contributed by atoms with Gasteiger partial charge in [0.2, 0.25) is 5.91 Å². The molecular weight excluding hydrogens is 236 g/mol. The van der Waals surface area contributed by atoms with Crippen LogP contribution in [0.1, 0.15) is 49.3 Å². The molecule has 3 heteroatoms. The highest BCUT2D eigenvalue weighted by Crippen LogP contribution is 2.31. The molecular formula is C16H22N2O. The minimum absolute atomic E-state index is 0.00521. The molecule has 0 spiro atoms. The molecule has 2 atom stereocenters. The Morgan fingerprint density at radius 3 is 2.68 bits per heavy atom. The largest absolute Gasteiger partial charge is 0.347 e. The van der Waals surface area contributed by atoms with Gasteiger partial charge in [-0.25, -0.2) is 0 Å². The molecule has 1 amide bonds. The summed E-state index contributed by atoms with van der Waals surface area (Å²) in [6.45, 7) is 0. The van der Waals surface area contributed by atoms with Crippen LogP contribution in [0.4, 0.5) is 0 Å². The number of rotatable bonds is 2. The van der Waals surface area contributed by atoms with Crippen LogP contribution in [-0.4, -0.2) is 11.9 Å². The molecule has 3 rings (SSSR count). The number of carbonyl (C=O) groups excluding carboxylic acids is 1. The number of carbonyl (C=O) groups is 1. The lowest BCUT2D eigenvalue weighted by Crippen LogP contribution is -2.41. The number of fused-ring (bicyclic) bond motifs is 1. The first-order valence-corrected chi connectivity index (χ1v) is 7.39. The second-order valence-corrected chi connectivity index (χ2v) is 5.89. The molecule has 0 radical (unpaired) electrons. The third-order valence-electron chi connectivity index (χ3n) is 4.55. The predicted octanol–water partition coefficient (Wildman–Crippen LogP) is 2.31. The van der Waals surface area contributed by atoms with Gasteiger partial charge in [-0.1, -0.05) is 43.5 Å². The van der Waals surface area contributed by atoms with Gasteiger partial charge >= 0.3 is 0 Å². The van der Waals surface area contributed by atoms with Gasteiger partial charge in [0.25, 0.3) is 0 Å². The monoisotopic (exact) mass is 258 g/mol. The van der Waals surface area contributed by atoms with E-state index in [2.05, 4.69) is 17.4 Å². The third kappa shape index (κ3) is 2.52. The second kappa shape index (κ2) is 5.33. The van der Waals surface area contributed by atoms with Crippen LogP contribution in [-0.2, 0) is 11.2 Å². The highest BCUT2D eigenvalue weighted by Gasteiger charge is 2.32. The average Bonchev–Trinajstić information content (AvgIpc) is 2.76. The van der Waals surface area contributed by atoms with Crippen molar-refractivity contribution in [3.8, 4) is 0 Å². The number of amides is 1. The van der Waals surface area contributed by atoms with E-state index in [1.807, 2.05) is 12.1 Å². The lowest BCUT2D eigenvalue weighted by Gasteiger charge is -2.25. The van der Waals surface area contributed by atoms with Gasteiger partial charge in [-0.2, -0.15) is 0 Å². The minimum atomic E-state index is 0.00521. The van der Waals surface area contributed by atoms with Gasteiger partial charge in [-0.15, -0.1) is 0 Å². The summed E-state index contributed by atoms with van der Waals surface area (Å²) in [5.41, 5.74) is 8.68. The van der Waals surface area contributed by atoms with E-state index in [1.54, 1.807) is 0 Å². The molecule has 2 unspecified atom stereocenters. The van der Waals surface area contributed by atoms with Crippen LogP contribution in [0.25, 0.3) is 0 Å². The van der Waals surface area contributed by atoms with Crippen molar-refractivity contribution < 1.29 is 4.79 Å². The van der Waals surface area contributed by atoms with E-state index in [0.717, 1.165) is 19.3 Å². The van der Waals surface area contributed by atoms with Crippen molar-refractivity contribution in [2.45, 2.75) is 50.6 Å². The van der Waals surface area contributed by atoms with Crippen LogP contribution >= 0.6 is 0 Å². The Morgan fingerprint density at radius 1 is 1.16 bits per heavy atom.